The first-order valence-corrected chi connectivity index (χ1v) is 8.61. The molecule has 0 aliphatic carbocycles. The van der Waals surface area contributed by atoms with Gasteiger partial charge in [0.15, 0.2) is 5.76 Å². The number of aromatic amines is 1. The number of H-pyrrole nitrogens is 1. The number of carbonyl (C=O) groups is 1. The van der Waals surface area contributed by atoms with E-state index in [1.165, 1.54) is 0 Å². The summed E-state index contributed by atoms with van der Waals surface area (Å²) in [7, 11) is 0. The summed E-state index contributed by atoms with van der Waals surface area (Å²) in [5, 5.41) is 3.89. The average molecular weight is 350 g/mol. The van der Waals surface area contributed by atoms with E-state index >= 15 is 0 Å². The van der Waals surface area contributed by atoms with Gasteiger partial charge in [-0.25, -0.2) is 0 Å². The van der Waals surface area contributed by atoms with Gasteiger partial charge in [-0.1, -0.05) is 23.5 Å². The zero-order chi connectivity index (χ0) is 17.6. The van der Waals surface area contributed by atoms with E-state index in [4.69, 9.17) is 15.9 Å². The van der Waals surface area contributed by atoms with Crippen molar-refractivity contribution in [3.63, 3.8) is 0 Å². The monoisotopic (exact) mass is 350 g/mol. The Labute approximate surface area is 147 Å². The molecule has 0 atom stereocenters. The number of thiazole rings is 1. The van der Waals surface area contributed by atoms with Crippen molar-refractivity contribution in [2.45, 2.75) is 6.92 Å². The molecule has 124 valence electrons. The van der Waals surface area contributed by atoms with Crippen LogP contribution in [-0.2, 0) is 0 Å². The first-order chi connectivity index (χ1) is 12.0. The molecule has 2 heterocycles. The number of fused-ring (bicyclic) bond motifs is 1. The van der Waals surface area contributed by atoms with Crippen molar-refractivity contribution in [3.8, 4) is 11.3 Å². The summed E-state index contributed by atoms with van der Waals surface area (Å²) in [4.78, 5) is 16.0. The number of furan rings is 1. The Bertz CT molecular complexity index is 1110. The number of hydrogen-bond donors (Lipinski definition) is 2. The van der Waals surface area contributed by atoms with Gasteiger partial charge in [0.25, 0.3) is 0 Å². The number of nitrogen functional groups attached to an aromatic ring is 2. The zero-order valence-electron chi connectivity index (χ0n) is 13.5. The Morgan fingerprint density at radius 1 is 1.16 bits per heavy atom. The van der Waals surface area contributed by atoms with Crippen LogP contribution in [0, 0.1) is 6.92 Å². The van der Waals surface area contributed by atoms with Gasteiger partial charge >= 0.3 is 0 Å². The van der Waals surface area contributed by atoms with E-state index in [1.54, 1.807) is 35.6 Å². The smallest absolute Gasteiger partial charge is 0.232 e. The fraction of sp³-hybridized carbons (Fsp3) is 0.0526. The molecule has 0 saturated heterocycles. The third-order valence-electron chi connectivity index (χ3n) is 4.06. The molecule has 4 rings (SSSR count). The van der Waals surface area contributed by atoms with E-state index < -0.39 is 0 Å². The third-order valence-corrected chi connectivity index (χ3v) is 4.87. The maximum atomic E-state index is 12.7. The van der Waals surface area contributed by atoms with Crippen molar-refractivity contribution in [2.24, 2.45) is 0 Å². The van der Waals surface area contributed by atoms with Crippen molar-refractivity contribution in [2.75, 3.05) is 11.5 Å². The minimum absolute atomic E-state index is 0.142. The molecule has 0 aliphatic heterocycles. The normalized spacial score (nSPS) is 11.1. The first-order valence-electron chi connectivity index (χ1n) is 7.73. The van der Waals surface area contributed by atoms with E-state index in [0.717, 1.165) is 21.7 Å². The van der Waals surface area contributed by atoms with Gasteiger partial charge in [-0.3, -0.25) is 4.79 Å². The molecule has 0 amide bonds. The van der Waals surface area contributed by atoms with E-state index in [9.17, 15) is 4.79 Å². The largest absolute Gasteiger partial charge is 0.450 e. The van der Waals surface area contributed by atoms with E-state index in [2.05, 4.69) is 4.98 Å². The van der Waals surface area contributed by atoms with Crippen LogP contribution < -0.4 is 16.5 Å². The van der Waals surface area contributed by atoms with Gasteiger partial charge in [-0.2, -0.15) is 4.98 Å². The van der Waals surface area contributed by atoms with Gasteiger partial charge in [0.2, 0.25) is 16.5 Å². The number of benzene rings is 2. The summed E-state index contributed by atoms with van der Waals surface area (Å²) in [6, 6.07) is 12.5. The van der Waals surface area contributed by atoms with Crippen molar-refractivity contribution in [1.29, 1.82) is 0 Å². The summed E-state index contributed by atoms with van der Waals surface area (Å²) in [5.41, 5.74) is 15.8. The van der Waals surface area contributed by atoms with Crippen molar-refractivity contribution in [3.05, 3.63) is 64.2 Å². The number of aromatic nitrogens is 1. The van der Waals surface area contributed by atoms with Gasteiger partial charge in [0.1, 0.15) is 5.58 Å². The first kappa shape index (κ1) is 15.4. The van der Waals surface area contributed by atoms with Crippen molar-refractivity contribution in [1.82, 2.24) is 0 Å². The number of hydrogen-bond acceptors (Lipinski definition) is 5. The summed E-state index contributed by atoms with van der Waals surface area (Å²) in [5.74, 6) is -0.135. The van der Waals surface area contributed by atoms with Crippen LogP contribution in [0.5, 0.6) is 0 Å². The SMILES string of the molecule is Cc1[nH+]c(-c2ccc3c(N)c(C(=O)c4cccc(N)c4)oc3c2)cs1. The second-order valence-corrected chi connectivity index (χ2v) is 6.92. The topological polar surface area (TPSA) is 96.4 Å². The molecule has 25 heavy (non-hydrogen) atoms. The Kier molecular flexibility index (Phi) is 3.54. The molecule has 0 saturated carbocycles. The minimum Gasteiger partial charge on any atom is -0.450 e. The second kappa shape index (κ2) is 5.75. The highest BCUT2D eigenvalue weighted by atomic mass is 32.1. The molecule has 6 heteroatoms. The molecule has 0 aliphatic rings. The maximum Gasteiger partial charge on any atom is 0.232 e. The predicted molar refractivity (Wildman–Crippen MR) is 99.5 cm³/mol. The van der Waals surface area contributed by atoms with Crippen LogP contribution in [0.25, 0.3) is 22.2 Å². The molecular formula is C19H16N3O2S+. The highest BCUT2D eigenvalue weighted by Gasteiger charge is 2.21. The lowest BCUT2D eigenvalue weighted by atomic mass is 10.1. The Morgan fingerprint density at radius 2 is 2.00 bits per heavy atom. The van der Waals surface area contributed by atoms with Crippen LogP contribution in [0.4, 0.5) is 11.4 Å². The van der Waals surface area contributed by atoms with Crippen LogP contribution >= 0.6 is 11.3 Å². The number of rotatable bonds is 3. The second-order valence-electron chi connectivity index (χ2n) is 5.84. The third kappa shape index (κ3) is 2.66. The Hall–Kier alpha value is -3.12. The number of anilines is 2. The zero-order valence-corrected chi connectivity index (χ0v) is 14.3. The molecule has 0 spiro atoms. The molecule has 4 aromatic rings. The van der Waals surface area contributed by atoms with Gasteiger partial charge in [-0.05, 0) is 30.3 Å². The fourth-order valence-corrected chi connectivity index (χ4v) is 3.46. The fourth-order valence-electron chi connectivity index (χ4n) is 2.80. The Balaban J connectivity index is 1.80. The highest BCUT2D eigenvalue weighted by Crippen LogP contribution is 2.33. The number of nitrogens with one attached hydrogen (secondary N) is 1. The summed E-state index contributed by atoms with van der Waals surface area (Å²) < 4.78 is 5.80. The lowest BCUT2D eigenvalue weighted by Crippen LogP contribution is -2.03. The average Bonchev–Trinajstić information content (AvgIpc) is 3.18. The van der Waals surface area contributed by atoms with Crippen LogP contribution in [0.15, 0.2) is 52.3 Å². The maximum absolute atomic E-state index is 12.7. The summed E-state index contributed by atoms with van der Waals surface area (Å²) in [6.45, 7) is 2.01. The van der Waals surface area contributed by atoms with Crippen LogP contribution in [0.1, 0.15) is 21.1 Å². The molecule has 0 fully saturated rings. The van der Waals surface area contributed by atoms with Gasteiger partial charge in [0, 0.05) is 23.6 Å². The summed E-state index contributed by atoms with van der Waals surface area (Å²) in [6.07, 6.45) is 0. The van der Waals surface area contributed by atoms with E-state index in [1.807, 2.05) is 30.5 Å². The number of nitrogens with two attached hydrogens (primary N) is 2. The van der Waals surface area contributed by atoms with E-state index in [-0.39, 0.29) is 11.5 Å². The molecule has 0 bridgehead atoms. The van der Waals surface area contributed by atoms with E-state index in [0.29, 0.717) is 22.5 Å². The lowest BCUT2D eigenvalue weighted by molar-refractivity contribution is -0.366. The Morgan fingerprint density at radius 3 is 2.72 bits per heavy atom. The van der Waals surface area contributed by atoms with Gasteiger partial charge in [0.05, 0.1) is 16.6 Å². The molecular weight excluding hydrogens is 334 g/mol. The van der Waals surface area contributed by atoms with Crippen LogP contribution in [0.3, 0.4) is 0 Å². The predicted octanol–water partition coefficient (Wildman–Crippen LogP) is 3.68. The quantitative estimate of drug-likeness (QED) is 0.435. The highest BCUT2D eigenvalue weighted by molar-refractivity contribution is 7.09. The molecule has 2 aromatic carbocycles. The molecule has 2 aromatic heterocycles. The van der Waals surface area contributed by atoms with Crippen molar-refractivity contribution >= 4 is 39.5 Å². The molecule has 0 radical (unpaired) electrons. The van der Waals surface area contributed by atoms with Gasteiger partial charge in [-0.15, -0.1) is 0 Å². The minimum atomic E-state index is -0.277. The summed E-state index contributed by atoms with van der Waals surface area (Å²) >= 11 is 1.64. The molecule has 0 unspecified atom stereocenters. The molecule has 5 N–H and O–H groups in total. The van der Waals surface area contributed by atoms with Crippen LogP contribution in [-0.4, -0.2) is 5.78 Å². The van der Waals surface area contributed by atoms with Crippen LogP contribution in [0.2, 0.25) is 0 Å². The standard InChI is InChI=1S/C19H15N3O2S/c1-10-22-15(9-25-10)11-5-6-14-16(8-11)24-19(17(14)21)18(23)12-3-2-4-13(20)7-12/h2-9H,20-21H2,1H3/p+1. The number of aryl methyl sites for hydroxylation is 1. The molecule has 5 nitrogen and oxygen atoms in total. The lowest BCUT2D eigenvalue weighted by Gasteiger charge is -2.00. The number of carbonyl (C=O) groups excluding carboxylic acids is 1. The van der Waals surface area contributed by atoms with Gasteiger partial charge < -0.3 is 15.9 Å². The number of ketones is 1. The van der Waals surface area contributed by atoms with Crippen molar-refractivity contribution < 1.29 is 14.2 Å².